The van der Waals surface area contributed by atoms with E-state index in [9.17, 15) is 4.79 Å². The number of hydrogen-bond donors (Lipinski definition) is 1. The summed E-state index contributed by atoms with van der Waals surface area (Å²) >= 11 is 5.96. The maximum Gasteiger partial charge on any atom is 0.262 e. The van der Waals surface area contributed by atoms with Gasteiger partial charge >= 0.3 is 0 Å². The zero-order valence-electron chi connectivity index (χ0n) is 15.0. The second-order valence-corrected chi connectivity index (χ2v) is 6.30. The number of nitrogens with zero attached hydrogens (tertiary/aromatic N) is 3. The van der Waals surface area contributed by atoms with Crippen molar-refractivity contribution >= 4 is 34.2 Å². The second-order valence-electron chi connectivity index (χ2n) is 5.87. The molecule has 0 saturated heterocycles. The molecular weight excluding hydrogens is 356 g/mol. The molecule has 0 unspecified atom stereocenters. The number of aryl methyl sites for hydroxylation is 3. The summed E-state index contributed by atoms with van der Waals surface area (Å²) in [6.45, 7) is 3.70. The molecule has 0 radical (unpaired) electrons. The predicted octanol–water partition coefficient (Wildman–Crippen LogP) is 3.26. The molecule has 0 fully saturated rings. The van der Waals surface area contributed by atoms with Crippen LogP contribution in [0.4, 0.5) is 5.69 Å². The van der Waals surface area contributed by atoms with Gasteiger partial charge in [-0.1, -0.05) is 11.6 Å². The molecule has 8 heteroatoms. The number of halogens is 1. The molecule has 0 aliphatic carbocycles. The van der Waals surface area contributed by atoms with E-state index in [1.165, 1.54) is 7.11 Å². The van der Waals surface area contributed by atoms with Crippen molar-refractivity contribution in [3.8, 4) is 11.6 Å². The number of methoxy groups -OCH3 is 1. The van der Waals surface area contributed by atoms with Crippen LogP contribution in [0.2, 0.25) is 5.02 Å². The summed E-state index contributed by atoms with van der Waals surface area (Å²) in [6, 6.07) is 6.78. The van der Waals surface area contributed by atoms with Gasteiger partial charge in [-0.25, -0.2) is 0 Å². The quantitative estimate of drug-likeness (QED) is 0.741. The van der Waals surface area contributed by atoms with Gasteiger partial charge in [-0.2, -0.15) is 10.1 Å². The molecule has 1 aromatic carbocycles. The third-order valence-corrected chi connectivity index (χ3v) is 4.16. The van der Waals surface area contributed by atoms with Crippen molar-refractivity contribution in [2.45, 2.75) is 13.8 Å². The third-order valence-electron chi connectivity index (χ3n) is 3.93. The number of hydrogen-bond acceptors (Lipinski definition) is 5. The van der Waals surface area contributed by atoms with Crippen LogP contribution in [0.5, 0.6) is 11.6 Å². The minimum atomic E-state index is -0.341. The first kappa shape index (κ1) is 18.0. The van der Waals surface area contributed by atoms with Gasteiger partial charge in [0.05, 0.1) is 18.5 Å². The standard InChI is InChI=1S/C18H19ClN4O3/c1-10-7-16(21-18-17(10)11(2)22-23(18)3)26-9-15(24)20-13-8-12(19)5-6-14(13)25-4/h5-8H,9H2,1-4H3,(H,20,24). The Balaban J connectivity index is 1.73. The van der Waals surface area contributed by atoms with E-state index in [1.807, 2.05) is 20.9 Å². The van der Waals surface area contributed by atoms with E-state index in [4.69, 9.17) is 21.1 Å². The number of aromatic nitrogens is 3. The molecule has 0 saturated carbocycles. The summed E-state index contributed by atoms with van der Waals surface area (Å²) in [4.78, 5) is 16.6. The number of fused-ring (bicyclic) bond motifs is 1. The second kappa shape index (κ2) is 7.21. The third kappa shape index (κ3) is 3.57. The lowest BCUT2D eigenvalue weighted by atomic mass is 10.2. The minimum absolute atomic E-state index is 0.190. The van der Waals surface area contributed by atoms with Crippen LogP contribution < -0.4 is 14.8 Å². The molecular formula is C18H19ClN4O3. The van der Waals surface area contributed by atoms with Crippen LogP contribution in [0.25, 0.3) is 11.0 Å². The predicted molar refractivity (Wildman–Crippen MR) is 100 cm³/mol. The molecule has 7 nitrogen and oxygen atoms in total. The Morgan fingerprint density at radius 3 is 2.81 bits per heavy atom. The molecule has 0 aliphatic heterocycles. The van der Waals surface area contributed by atoms with Gasteiger partial charge in [0.25, 0.3) is 5.91 Å². The van der Waals surface area contributed by atoms with E-state index >= 15 is 0 Å². The molecule has 26 heavy (non-hydrogen) atoms. The Morgan fingerprint density at radius 1 is 1.31 bits per heavy atom. The smallest absolute Gasteiger partial charge is 0.262 e. The maximum absolute atomic E-state index is 12.2. The first-order valence-corrected chi connectivity index (χ1v) is 8.34. The number of pyridine rings is 1. The molecule has 0 atom stereocenters. The number of carbonyl (C=O) groups is 1. The highest BCUT2D eigenvalue weighted by Gasteiger charge is 2.13. The Labute approximate surface area is 155 Å². The average Bonchev–Trinajstić information content (AvgIpc) is 2.88. The normalized spacial score (nSPS) is 10.8. The van der Waals surface area contributed by atoms with Crippen molar-refractivity contribution < 1.29 is 14.3 Å². The summed E-state index contributed by atoms with van der Waals surface area (Å²) in [5.74, 6) is 0.543. The Bertz CT molecular complexity index is 984. The molecule has 0 bridgehead atoms. The molecule has 3 rings (SSSR count). The van der Waals surface area contributed by atoms with E-state index < -0.39 is 0 Å². The lowest BCUT2D eigenvalue weighted by Crippen LogP contribution is -2.21. The summed E-state index contributed by atoms with van der Waals surface area (Å²) in [5.41, 5.74) is 3.10. The fraction of sp³-hybridized carbons (Fsp3) is 0.278. The first-order valence-electron chi connectivity index (χ1n) is 7.96. The van der Waals surface area contributed by atoms with Crippen LogP contribution in [-0.2, 0) is 11.8 Å². The van der Waals surface area contributed by atoms with Crippen LogP contribution in [0, 0.1) is 13.8 Å². The number of carbonyl (C=O) groups excluding carboxylic acids is 1. The summed E-state index contributed by atoms with van der Waals surface area (Å²) in [5, 5.41) is 8.57. The number of rotatable bonds is 5. The van der Waals surface area contributed by atoms with Crippen molar-refractivity contribution in [2.24, 2.45) is 7.05 Å². The van der Waals surface area contributed by atoms with Crippen LogP contribution >= 0.6 is 11.6 Å². The lowest BCUT2D eigenvalue weighted by Gasteiger charge is -2.11. The van der Waals surface area contributed by atoms with Crippen molar-refractivity contribution in [1.82, 2.24) is 14.8 Å². The number of benzene rings is 1. The highest BCUT2D eigenvalue weighted by atomic mass is 35.5. The Kier molecular flexibility index (Phi) is 4.99. The molecule has 2 heterocycles. The fourth-order valence-corrected chi connectivity index (χ4v) is 2.98. The Hall–Kier alpha value is -2.80. The number of nitrogens with one attached hydrogen (secondary N) is 1. The summed E-state index contributed by atoms with van der Waals surface area (Å²) in [6.07, 6.45) is 0. The van der Waals surface area contributed by atoms with E-state index in [-0.39, 0.29) is 12.5 Å². The highest BCUT2D eigenvalue weighted by Crippen LogP contribution is 2.28. The van der Waals surface area contributed by atoms with Crippen molar-refractivity contribution in [1.29, 1.82) is 0 Å². The SMILES string of the molecule is COc1ccc(Cl)cc1NC(=O)COc1cc(C)c2c(C)nn(C)c2n1. The number of anilines is 1. The fourth-order valence-electron chi connectivity index (χ4n) is 2.81. The lowest BCUT2D eigenvalue weighted by molar-refractivity contribution is -0.118. The van der Waals surface area contributed by atoms with Gasteiger partial charge in [-0.15, -0.1) is 0 Å². The van der Waals surface area contributed by atoms with Gasteiger partial charge < -0.3 is 14.8 Å². The van der Waals surface area contributed by atoms with Gasteiger partial charge in [0.15, 0.2) is 12.3 Å². The van der Waals surface area contributed by atoms with E-state index in [1.54, 1.807) is 28.9 Å². The topological polar surface area (TPSA) is 78.3 Å². The van der Waals surface area contributed by atoms with Crippen molar-refractivity contribution in [3.05, 3.63) is 40.5 Å². The molecule has 1 amide bonds. The maximum atomic E-state index is 12.2. The largest absolute Gasteiger partial charge is 0.495 e. The monoisotopic (exact) mass is 374 g/mol. The molecule has 0 aliphatic rings. The highest BCUT2D eigenvalue weighted by molar-refractivity contribution is 6.31. The summed E-state index contributed by atoms with van der Waals surface area (Å²) in [7, 11) is 3.34. The summed E-state index contributed by atoms with van der Waals surface area (Å²) < 4.78 is 12.5. The first-order chi connectivity index (χ1) is 12.4. The number of amides is 1. The molecule has 136 valence electrons. The van der Waals surface area contributed by atoms with Gasteiger partial charge in [-0.3, -0.25) is 9.48 Å². The van der Waals surface area contributed by atoms with E-state index in [2.05, 4.69) is 15.4 Å². The van der Waals surface area contributed by atoms with Crippen LogP contribution in [0.15, 0.2) is 24.3 Å². The zero-order chi connectivity index (χ0) is 18.8. The van der Waals surface area contributed by atoms with Crippen LogP contribution in [0.3, 0.4) is 0 Å². The average molecular weight is 375 g/mol. The molecule has 0 spiro atoms. The molecule has 1 N–H and O–H groups in total. The van der Waals surface area contributed by atoms with Crippen molar-refractivity contribution in [3.63, 3.8) is 0 Å². The Morgan fingerprint density at radius 2 is 2.08 bits per heavy atom. The van der Waals surface area contributed by atoms with Crippen LogP contribution in [-0.4, -0.2) is 34.4 Å². The van der Waals surface area contributed by atoms with E-state index in [0.29, 0.717) is 22.3 Å². The van der Waals surface area contributed by atoms with Gasteiger partial charge in [0.2, 0.25) is 5.88 Å². The minimum Gasteiger partial charge on any atom is -0.495 e. The molecule has 3 aromatic rings. The van der Waals surface area contributed by atoms with Gasteiger partial charge in [0.1, 0.15) is 5.75 Å². The van der Waals surface area contributed by atoms with E-state index in [0.717, 1.165) is 22.3 Å². The van der Waals surface area contributed by atoms with Crippen molar-refractivity contribution in [2.75, 3.05) is 19.0 Å². The number of ether oxygens (including phenoxy) is 2. The van der Waals surface area contributed by atoms with Gasteiger partial charge in [-0.05, 0) is 37.6 Å². The molecule has 2 aromatic heterocycles. The van der Waals surface area contributed by atoms with Gasteiger partial charge in [0, 0.05) is 23.5 Å². The van der Waals surface area contributed by atoms with Crippen LogP contribution in [0.1, 0.15) is 11.3 Å². The zero-order valence-corrected chi connectivity index (χ0v) is 15.7.